The molecule has 0 bridgehead atoms. The lowest BCUT2D eigenvalue weighted by atomic mass is 9.85. The summed E-state index contributed by atoms with van der Waals surface area (Å²) in [5.41, 5.74) is 3.88. The minimum atomic E-state index is 0.290. The second-order valence-corrected chi connectivity index (χ2v) is 5.14. The van der Waals surface area contributed by atoms with Gasteiger partial charge in [-0.05, 0) is 23.5 Å². The molecule has 0 saturated heterocycles. The van der Waals surface area contributed by atoms with Gasteiger partial charge in [0.25, 0.3) is 0 Å². The van der Waals surface area contributed by atoms with E-state index in [1.54, 1.807) is 0 Å². The van der Waals surface area contributed by atoms with E-state index in [0.29, 0.717) is 0 Å². The van der Waals surface area contributed by atoms with Crippen LogP contribution < -0.4 is 5.32 Å². The third-order valence-electron chi connectivity index (χ3n) is 2.32. The van der Waals surface area contributed by atoms with Crippen LogP contribution in [-0.4, -0.2) is 7.05 Å². The molecule has 0 fully saturated rings. The van der Waals surface area contributed by atoms with Crippen LogP contribution in [0.3, 0.4) is 0 Å². The van der Waals surface area contributed by atoms with E-state index in [-0.39, 0.29) is 5.41 Å². The summed E-state index contributed by atoms with van der Waals surface area (Å²) in [6, 6.07) is 8.31. The lowest BCUT2D eigenvalue weighted by Crippen LogP contribution is -2.06. The van der Waals surface area contributed by atoms with Crippen LogP contribution >= 0.6 is 0 Å². The van der Waals surface area contributed by atoms with Gasteiger partial charge in [-0.15, -0.1) is 0 Å². The molecule has 82 valence electrons. The Balaban J connectivity index is 2.91. The fourth-order valence-corrected chi connectivity index (χ4v) is 1.74. The predicted octanol–water partition coefficient (Wildman–Crippen LogP) is 4.18. The highest BCUT2D eigenvalue weighted by atomic mass is 14.8. The zero-order chi connectivity index (χ0) is 11.5. The fraction of sp³-hybridized carbons (Fsp3) is 0.429. The summed E-state index contributed by atoms with van der Waals surface area (Å²) < 4.78 is 0. The van der Waals surface area contributed by atoms with E-state index >= 15 is 0 Å². The SMILES string of the molecule is C=C(CC(C)(C)C)c1ccccc1NC. The van der Waals surface area contributed by atoms with Crippen molar-refractivity contribution in [2.24, 2.45) is 5.41 Å². The van der Waals surface area contributed by atoms with Crippen molar-refractivity contribution < 1.29 is 0 Å². The number of allylic oxidation sites excluding steroid dienone is 1. The van der Waals surface area contributed by atoms with Gasteiger partial charge >= 0.3 is 0 Å². The van der Waals surface area contributed by atoms with Crippen molar-refractivity contribution in [2.45, 2.75) is 27.2 Å². The molecule has 0 aliphatic heterocycles. The van der Waals surface area contributed by atoms with Crippen molar-refractivity contribution in [1.29, 1.82) is 0 Å². The molecule has 0 amide bonds. The average molecular weight is 203 g/mol. The zero-order valence-corrected chi connectivity index (χ0v) is 10.2. The molecule has 0 atom stereocenters. The first kappa shape index (κ1) is 11.8. The van der Waals surface area contributed by atoms with Crippen molar-refractivity contribution in [2.75, 3.05) is 12.4 Å². The molecule has 0 unspecified atom stereocenters. The number of rotatable bonds is 3. The smallest absolute Gasteiger partial charge is 0.0413 e. The third-order valence-corrected chi connectivity index (χ3v) is 2.32. The van der Waals surface area contributed by atoms with E-state index in [4.69, 9.17) is 0 Å². The van der Waals surface area contributed by atoms with Crippen molar-refractivity contribution in [3.63, 3.8) is 0 Å². The summed E-state index contributed by atoms with van der Waals surface area (Å²) in [4.78, 5) is 0. The maximum Gasteiger partial charge on any atom is 0.0413 e. The van der Waals surface area contributed by atoms with Gasteiger partial charge in [0.1, 0.15) is 0 Å². The normalized spacial score (nSPS) is 11.2. The Morgan fingerprint density at radius 2 is 1.87 bits per heavy atom. The Hall–Kier alpha value is -1.24. The van der Waals surface area contributed by atoms with E-state index < -0.39 is 0 Å². The molecule has 0 aliphatic carbocycles. The van der Waals surface area contributed by atoms with Crippen LogP contribution in [0.2, 0.25) is 0 Å². The van der Waals surface area contributed by atoms with Crippen LogP contribution in [0.4, 0.5) is 5.69 Å². The van der Waals surface area contributed by atoms with Gasteiger partial charge in [-0.3, -0.25) is 0 Å². The van der Waals surface area contributed by atoms with Crippen LogP contribution in [0.15, 0.2) is 30.8 Å². The number of benzene rings is 1. The predicted molar refractivity (Wildman–Crippen MR) is 69.1 cm³/mol. The van der Waals surface area contributed by atoms with Crippen molar-refractivity contribution in [3.05, 3.63) is 36.4 Å². The summed E-state index contributed by atoms with van der Waals surface area (Å²) in [7, 11) is 1.95. The maximum atomic E-state index is 4.18. The van der Waals surface area contributed by atoms with Gasteiger partial charge < -0.3 is 5.32 Å². The largest absolute Gasteiger partial charge is 0.388 e. The van der Waals surface area contributed by atoms with Crippen LogP contribution in [0.5, 0.6) is 0 Å². The summed E-state index contributed by atoms with van der Waals surface area (Å²) in [6.07, 6.45) is 1.02. The number of para-hydroxylation sites is 1. The van der Waals surface area contributed by atoms with Gasteiger partial charge in [0, 0.05) is 18.3 Å². The lowest BCUT2D eigenvalue weighted by molar-refractivity contribution is 0.427. The Bertz CT molecular complexity index is 345. The highest BCUT2D eigenvalue weighted by molar-refractivity contribution is 5.75. The van der Waals surface area contributed by atoms with Crippen LogP contribution in [0, 0.1) is 5.41 Å². The summed E-state index contributed by atoms with van der Waals surface area (Å²) >= 11 is 0. The van der Waals surface area contributed by atoms with Gasteiger partial charge in [-0.2, -0.15) is 0 Å². The van der Waals surface area contributed by atoms with Crippen LogP contribution in [0.25, 0.3) is 5.57 Å². The Kier molecular flexibility index (Phi) is 3.57. The van der Waals surface area contributed by atoms with E-state index in [2.05, 4.69) is 50.9 Å². The molecule has 1 aromatic carbocycles. The average Bonchev–Trinajstić information content (AvgIpc) is 2.15. The molecule has 0 radical (unpaired) electrons. The standard InChI is InChI=1S/C14H21N/c1-11(10-14(2,3)4)12-8-6-7-9-13(12)15-5/h6-9,15H,1,10H2,2-5H3. The Labute approximate surface area is 93.2 Å². The van der Waals surface area contributed by atoms with E-state index in [9.17, 15) is 0 Å². The minimum absolute atomic E-state index is 0.290. The molecule has 0 aliphatic rings. The number of nitrogens with one attached hydrogen (secondary N) is 1. The molecule has 0 saturated carbocycles. The monoisotopic (exact) mass is 203 g/mol. The molecular formula is C14H21N. The first-order valence-electron chi connectivity index (χ1n) is 5.39. The van der Waals surface area contributed by atoms with Crippen molar-refractivity contribution >= 4 is 11.3 Å². The van der Waals surface area contributed by atoms with Crippen molar-refractivity contribution in [1.82, 2.24) is 0 Å². The molecule has 1 N–H and O–H groups in total. The molecule has 1 rings (SSSR count). The van der Waals surface area contributed by atoms with E-state index in [1.807, 2.05) is 13.1 Å². The second kappa shape index (κ2) is 4.52. The van der Waals surface area contributed by atoms with E-state index in [1.165, 1.54) is 11.1 Å². The van der Waals surface area contributed by atoms with Gasteiger partial charge in [0.05, 0.1) is 0 Å². The molecule has 1 heteroatoms. The summed E-state index contributed by atoms with van der Waals surface area (Å²) in [6.45, 7) is 10.9. The highest BCUT2D eigenvalue weighted by Gasteiger charge is 2.14. The Morgan fingerprint density at radius 3 is 2.40 bits per heavy atom. The quantitative estimate of drug-likeness (QED) is 0.777. The topological polar surface area (TPSA) is 12.0 Å². The molecule has 1 nitrogen and oxygen atoms in total. The van der Waals surface area contributed by atoms with Crippen LogP contribution in [-0.2, 0) is 0 Å². The summed E-state index contributed by atoms with van der Waals surface area (Å²) in [5.74, 6) is 0. The van der Waals surface area contributed by atoms with E-state index in [0.717, 1.165) is 12.1 Å². The third kappa shape index (κ3) is 3.43. The van der Waals surface area contributed by atoms with Crippen LogP contribution in [0.1, 0.15) is 32.8 Å². The molecule has 0 spiro atoms. The second-order valence-electron chi connectivity index (χ2n) is 5.14. The van der Waals surface area contributed by atoms with Gasteiger partial charge in [-0.25, -0.2) is 0 Å². The van der Waals surface area contributed by atoms with Gasteiger partial charge in [-0.1, -0.05) is 45.5 Å². The molecular weight excluding hydrogens is 182 g/mol. The summed E-state index contributed by atoms with van der Waals surface area (Å²) in [5, 5.41) is 3.20. The number of hydrogen-bond donors (Lipinski definition) is 1. The Morgan fingerprint density at radius 1 is 1.27 bits per heavy atom. The molecule has 15 heavy (non-hydrogen) atoms. The molecule has 0 aromatic heterocycles. The fourth-order valence-electron chi connectivity index (χ4n) is 1.74. The van der Waals surface area contributed by atoms with Gasteiger partial charge in [0.2, 0.25) is 0 Å². The number of hydrogen-bond acceptors (Lipinski definition) is 1. The van der Waals surface area contributed by atoms with Crippen molar-refractivity contribution in [3.8, 4) is 0 Å². The zero-order valence-electron chi connectivity index (χ0n) is 10.2. The maximum absolute atomic E-state index is 4.18. The molecule has 0 heterocycles. The molecule has 1 aromatic rings. The minimum Gasteiger partial charge on any atom is -0.388 e. The first-order chi connectivity index (χ1) is 6.94. The van der Waals surface area contributed by atoms with Gasteiger partial charge in [0.15, 0.2) is 0 Å². The first-order valence-corrected chi connectivity index (χ1v) is 5.39. The highest BCUT2D eigenvalue weighted by Crippen LogP contribution is 2.32. The lowest BCUT2D eigenvalue weighted by Gasteiger charge is -2.21. The number of anilines is 1.